The van der Waals surface area contributed by atoms with Crippen molar-refractivity contribution in [2.45, 2.75) is 32.7 Å². The van der Waals surface area contributed by atoms with E-state index in [1.807, 2.05) is 6.07 Å². The number of nitrogens with zero attached hydrogens (tertiary/aromatic N) is 1. The van der Waals surface area contributed by atoms with Crippen LogP contribution in [0.5, 0.6) is 0 Å². The first-order valence-electron chi connectivity index (χ1n) is 6.37. The summed E-state index contributed by atoms with van der Waals surface area (Å²) in [6.45, 7) is 5.97. The summed E-state index contributed by atoms with van der Waals surface area (Å²) >= 11 is 0. The number of nitrogens with two attached hydrogens (primary N) is 1. The summed E-state index contributed by atoms with van der Waals surface area (Å²) in [6, 6.07) is 5.82. The van der Waals surface area contributed by atoms with Crippen LogP contribution in [0, 0.1) is 11.7 Å². The smallest absolute Gasteiger partial charge is 0.128 e. The lowest BCUT2D eigenvalue weighted by molar-refractivity contribution is 0.606. The van der Waals surface area contributed by atoms with Crippen LogP contribution in [0.4, 0.5) is 10.1 Å². The van der Waals surface area contributed by atoms with E-state index in [4.69, 9.17) is 5.73 Å². The van der Waals surface area contributed by atoms with Crippen LogP contribution in [-0.2, 0) is 6.42 Å². The molecule has 1 aromatic rings. The molecule has 94 valence electrons. The maximum absolute atomic E-state index is 13.8. The topological polar surface area (TPSA) is 29.3 Å². The van der Waals surface area contributed by atoms with Crippen molar-refractivity contribution in [1.82, 2.24) is 0 Å². The molecule has 2 unspecified atom stereocenters. The minimum atomic E-state index is -0.125. The maximum atomic E-state index is 13.8. The first-order chi connectivity index (χ1) is 8.13. The summed E-state index contributed by atoms with van der Waals surface area (Å²) < 4.78 is 13.8. The summed E-state index contributed by atoms with van der Waals surface area (Å²) in [5.74, 6) is 0.554. The largest absolute Gasteiger partial charge is 0.368 e. The summed E-state index contributed by atoms with van der Waals surface area (Å²) in [6.07, 6.45) is 1.79. The Kier molecular flexibility index (Phi) is 3.67. The molecule has 0 saturated carbocycles. The Labute approximate surface area is 103 Å². The number of halogens is 1. The van der Waals surface area contributed by atoms with Gasteiger partial charge in [-0.05, 0) is 44.4 Å². The fourth-order valence-electron chi connectivity index (χ4n) is 2.84. The standard InChI is InChI=1S/C14H21FN2/c1-10-8-11(2)17(9-10)14-5-3-4-13(15)12(14)6-7-16/h3-5,10-11H,6-9,16H2,1-2H3. The van der Waals surface area contributed by atoms with Crippen LogP contribution >= 0.6 is 0 Å². The van der Waals surface area contributed by atoms with Crippen molar-refractivity contribution >= 4 is 5.69 Å². The predicted octanol–water partition coefficient (Wildman–Crippen LogP) is 2.56. The van der Waals surface area contributed by atoms with Crippen LogP contribution in [-0.4, -0.2) is 19.1 Å². The first-order valence-corrected chi connectivity index (χ1v) is 6.37. The van der Waals surface area contributed by atoms with Gasteiger partial charge in [-0.2, -0.15) is 0 Å². The monoisotopic (exact) mass is 236 g/mol. The molecule has 2 atom stereocenters. The number of hydrogen-bond donors (Lipinski definition) is 1. The van der Waals surface area contributed by atoms with Crippen molar-refractivity contribution in [3.8, 4) is 0 Å². The van der Waals surface area contributed by atoms with Crippen LogP contribution in [0.25, 0.3) is 0 Å². The molecule has 1 aliphatic heterocycles. The van der Waals surface area contributed by atoms with Gasteiger partial charge in [0.15, 0.2) is 0 Å². The highest BCUT2D eigenvalue weighted by Gasteiger charge is 2.28. The molecule has 1 aliphatic rings. The zero-order valence-corrected chi connectivity index (χ0v) is 10.6. The van der Waals surface area contributed by atoms with Gasteiger partial charge in [-0.25, -0.2) is 4.39 Å². The van der Waals surface area contributed by atoms with E-state index < -0.39 is 0 Å². The van der Waals surface area contributed by atoms with Crippen molar-refractivity contribution < 1.29 is 4.39 Å². The first kappa shape index (κ1) is 12.4. The number of hydrogen-bond acceptors (Lipinski definition) is 2. The Morgan fingerprint density at radius 2 is 2.18 bits per heavy atom. The van der Waals surface area contributed by atoms with Gasteiger partial charge in [-0.1, -0.05) is 13.0 Å². The van der Waals surface area contributed by atoms with E-state index in [2.05, 4.69) is 18.7 Å². The highest BCUT2D eigenvalue weighted by Crippen LogP contribution is 2.32. The van der Waals surface area contributed by atoms with Gasteiger partial charge in [0.05, 0.1) is 0 Å². The molecule has 0 aliphatic carbocycles. The van der Waals surface area contributed by atoms with E-state index in [-0.39, 0.29) is 5.82 Å². The van der Waals surface area contributed by atoms with E-state index >= 15 is 0 Å². The molecule has 2 rings (SSSR count). The Morgan fingerprint density at radius 1 is 1.41 bits per heavy atom. The van der Waals surface area contributed by atoms with Gasteiger partial charge in [0, 0.05) is 23.8 Å². The summed E-state index contributed by atoms with van der Waals surface area (Å²) in [5, 5.41) is 0. The normalized spacial score (nSPS) is 24.4. The molecule has 1 fully saturated rings. The van der Waals surface area contributed by atoms with Gasteiger partial charge < -0.3 is 10.6 Å². The van der Waals surface area contributed by atoms with Gasteiger partial charge in [0.2, 0.25) is 0 Å². The van der Waals surface area contributed by atoms with E-state index in [0.717, 1.165) is 17.8 Å². The Balaban J connectivity index is 2.34. The molecule has 0 aromatic heterocycles. The second-order valence-electron chi connectivity index (χ2n) is 5.12. The number of benzene rings is 1. The molecule has 1 heterocycles. The number of rotatable bonds is 3. The van der Waals surface area contributed by atoms with E-state index in [0.29, 0.717) is 24.9 Å². The lowest BCUT2D eigenvalue weighted by Gasteiger charge is -2.26. The minimum Gasteiger partial charge on any atom is -0.368 e. The van der Waals surface area contributed by atoms with Gasteiger partial charge in [-0.15, -0.1) is 0 Å². The van der Waals surface area contributed by atoms with Gasteiger partial charge in [0.25, 0.3) is 0 Å². The molecule has 2 N–H and O–H groups in total. The molecule has 3 heteroatoms. The van der Waals surface area contributed by atoms with Crippen molar-refractivity contribution in [3.05, 3.63) is 29.6 Å². The second-order valence-corrected chi connectivity index (χ2v) is 5.12. The third kappa shape index (κ3) is 2.44. The molecular formula is C14H21FN2. The minimum absolute atomic E-state index is 0.125. The van der Waals surface area contributed by atoms with E-state index in [1.54, 1.807) is 6.07 Å². The highest BCUT2D eigenvalue weighted by atomic mass is 19.1. The maximum Gasteiger partial charge on any atom is 0.128 e. The zero-order valence-electron chi connectivity index (χ0n) is 10.6. The fourth-order valence-corrected chi connectivity index (χ4v) is 2.84. The van der Waals surface area contributed by atoms with E-state index in [1.165, 1.54) is 12.5 Å². The molecule has 0 amide bonds. The fraction of sp³-hybridized carbons (Fsp3) is 0.571. The third-order valence-corrected chi connectivity index (χ3v) is 3.58. The molecule has 0 radical (unpaired) electrons. The SMILES string of the molecule is CC1CC(C)N(c2cccc(F)c2CCN)C1. The Morgan fingerprint density at radius 3 is 2.76 bits per heavy atom. The molecular weight excluding hydrogens is 215 g/mol. The Bertz CT molecular complexity index is 392. The predicted molar refractivity (Wildman–Crippen MR) is 69.7 cm³/mol. The summed E-state index contributed by atoms with van der Waals surface area (Å²) in [5.41, 5.74) is 7.38. The lowest BCUT2D eigenvalue weighted by Crippen LogP contribution is -2.28. The second kappa shape index (κ2) is 5.05. The van der Waals surface area contributed by atoms with Crippen molar-refractivity contribution in [1.29, 1.82) is 0 Å². The highest BCUT2D eigenvalue weighted by molar-refractivity contribution is 5.56. The van der Waals surface area contributed by atoms with Crippen molar-refractivity contribution in [2.24, 2.45) is 11.7 Å². The van der Waals surface area contributed by atoms with Crippen LogP contribution in [0.1, 0.15) is 25.8 Å². The summed E-state index contributed by atoms with van der Waals surface area (Å²) in [4.78, 5) is 2.32. The van der Waals surface area contributed by atoms with Crippen molar-refractivity contribution in [2.75, 3.05) is 18.0 Å². The Hall–Kier alpha value is -1.09. The summed E-state index contributed by atoms with van der Waals surface area (Å²) in [7, 11) is 0. The number of anilines is 1. The average Bonchev–Trinajstić information content (AvgIpc) is 2.61. The van der Waals surface area contributed by atoms with Crippen LogP contribution < -0.4 is 10.6 Å². The quantitative estimate of drug-likeness (QED) is 0.874. The molecule has 1 saturated heterocycles. The molecule has 0 bridgehead atoms. The van der Waals surface area contributed by atoms with Gasteiger partial charge in [-0.3, -0.25) is 0 Å². The van der Waals surface area contributed by atoms with Crippen molar-refractivity contribution in [3.63, 3.8) is 0 Å². The zero-order chi connectivity index (χ0) is 12.4. The van der Waals surface area contributed by atoms with E-state index in [9.17, 15) is 4.39 Å². The molecule has 1 aromatic carbocycles. The third-order valence-electron chi connectivity index (χ3n) is 3.58. The van der Waals surface area contributed by atoms with Crippen LogP contribution in [0.2, 0.25) is 0 Å². The molecule has 0 spiro atoms. The van der Waals surface area contributed by atoms with Crippen LogP contribution in [0.15, 0.2) is 18.2 Å². The van der Waals surface area contributed by atoms with Crippen LogP contribution in [0.3, 0.4) is 0 Å². The average molecular weight is 236 g/mol. The molecule has 17 heavy (non-hydrogen) atoms. The van der Waals surface area contributed by atoms with Gasteiger partial charge in [0.1, 0.15) is 5.82 Å². The van der Waals surface area contributed by atoms with Gasteiger partial charge >= 0.3 is 0 Å². The molecule has 2 nitrogen and oxygen atoms in total. The lowest BCUT2D eigenvalue weighted by atomic mass is 10.1.